The van der Waals surface area contributed by atoms with Gasteiger partial charge >= 0.3 is 0 Å². The zero-order valence-corrected chi connectivity index (χ0v) is 8.75. The van der Waals surface area contributed by atoms with E-state index in [4.69, 9.17) is 10.6 Å². The van der Waals surface area contributed by atoms with E-state index in [2.05, 4.69) is 19.3 Å². The summed E-state index contributed by atoms with van der Waals surface area (Å²) in [5.74, 6) is 6.95. The van der Waals surface area contributed by atoms with Crippen molar-refractivity contribution in [3.05, 3.63) is 0 Å². The van der Waals surface area contributed by atoms with Crippen LogP contribution in [-0.2, 0) is 4.74 Å². The normalized spacial score (nSPS) is 24.2. The van der Waals surface area contributed by atoms with Gasteiger partial charge in [-0.25, -0.2) is 0 Å². The van der Waals surface area contributed by atoms with Crippen LogP contribution in [0, 0.1) is 11.8 Å². The van der Waals surface area contributed by atoms with E-state index in [1.165, 1.54) is 6.42 Å². The minimum absolute atomic E-state index is 0.467. The van der Waals surface area contributed by atoms with Gasteiger partial charge in [-0.15, -0.1) is 0 Å². The second kappa shape index (κ2) is 5.58. The van der Waals surface area contributed by atoms with Gasteiger partial charge in [-0.3, -0.25) is 11.3 Å². The van der Waals surface area contributed by atoms with Crippen LogP contribution >= 0.6 is 0 Å². The molecule has 3 N–H and O–H groups in total. The van der Waals surface area contributed by atoms with Crippen molar-refractivity contribution in [3.8, 4) is 0 Å². The maximum atomic E-state index is 5.59. The molecule has 0 radical (unpaired) electrons. The number of hydrazine groups is 1. The fraction of sp³-hybridized carbons (Fsp3) is 1.00. The summed E-state index contributed by atoms with van der Waals surface area (Å²) >= 11 is 0. The van der Waals surface area contributed by atoms with E-state index in [0.717, 1.165) is 26.1 Å². The van der Waals surface area contributed by atoms with Gasteiger partial charge in [-0.2, -0.15) is 0 Å². The third kappa shape index (κ3) is 2.93. The molecule has 0 aromatic rings. The van der Waals surface area contributed by atoms with Crippen molar-refractivity contribution >= 4 is 0 Å². The molecule has 1 fully saturated rings. The molecule has 0 aromatic heterocycles. The van der Waals surface area contributed by atoms with Gasteiger partial charge < -0.3 is 4.74 Å². The van der Waals surface area contributed by atoms with Crippen LogP contribution in [0.25, 0.3) is 0 Å². The van der Waals surface area contributed by atoms with E-state index >= 15 is 0 Å². The molecule has 1 aliphatic rings. The summed E-state index contributed by atoms with van der Waals surface area (Å²) in [7, 11) is 0. The van der Waals surface area contributed by atoms with Gasteiger partial charge in [-0.05, 0) is 24.7 Å². The minimum Gasteiger partial charge on any atom is -0.381 e. The lowest BCUT2D eigenvalue weighted by atomic mass is 9.83. The first-order chi connectivity index (χ1) is 6.29. The van der Waals surface area contributed by atoms with Crippen molar-refractivity contribution in [3.63, 3.8) is 0 Å². The average molecular weight is 186 g/mol. The molecule has 0 aromatic carbocycles. The van der Waals surface area contributed by atoms with Crippen LogP contribution in [0.4, 0.5) is 0 Å². The highest BCUT2D eigenvalue weighted by Gasteiger charge is 2.26. The van der Waals surface area contributed by atoms with E-state index in [9.17, 15) is 0 Å². The molecule has 3 heteroatoms. The first-order valence-electron chi connectivity index (χ1n) is 5.33. The summed E-state index contributed by atoms with van der Waals surface area (Å²) in [5.41, 5.74) is 2.97. The molecule has 3 nitrogen and oxygen atoms in total. The van der Waals surface area contributed by atoms with Crippen LogP contribution in [-0.4, -0.2) is 19.3 Å². The summed E-state index contributed by atoms with van der Waals surface area (Å²) in [6.45, 7) is 6.28. The van der Waals surface area contributed by atoms with Gasteiger partial charge in [0.15, 0.2) is 0 Å². The third-order valence-electron chi connectivity index (χ3n) is 3.22. The molecule has 78 valence electrons. The van der Waals surface area contributed by atoms with E-state index in [0.29, 0.717) is 17.9 Å². The van der Waals surface area contributed by atoms with Crippen LogP contribution in [0.15, 0.2) is 0 Å². The number of nitrogens with one attached hydrogen (secondary N) is 1. The van der Waals surface area contributed by atoms with Gasteiger partial charge in [0.2, 0.25) is 0 Å². The van der Waals surface area contributed by atoms with Gasteiger partial charge in [0.1, 0.15) is 0 Å². The van der Waals surface area contributed by atoms with Crippen molar-refractivity contribution in [2.75, 3.05) is 13.2 Å². The summed E-state index contributed by atoms with van der Waals surface area (Å²) in [4.78, 5) is 0. The summed E-state index contributed by atoms with van der Waals surface area (Å²) < 4.78 is 5.34. The molecule has 1 heterocycles. The lowest BCUT2D eigenvalue weighted by Gasteiger charge is -2.33. The van der Waals surface area contributed by atoms with Crippen molar-refractivity contribution in [2.24, 2.45) is 17.7 Å². The molecule has 0 aliphatic carbocycles. The molecular formula is C10H22N2O. The summed E-state index contributed by atoms with van der Waals surface area (Å²) in [5, 5.41) is 0. The Balaban J connectivity index is 2.43. The Morgan fingerprint density at radius 3 is 2.54 bits per heavy atom. The van der Waals surface area contributed by atoms with Crippen LogP contribution in [0.5, 0.6) is 0 Å². The molecule has 1 aliphatic heterocycles. The Morgan fingerprint density at radius 2 is 2.08 bits per heavy atom. The Bertz CT molecular complexity index is 135. The average Bonchev–Trinajstić information content (AvgIpc) is 2.20. The second-order valence-corrected chi connectivity index (χ2v) is 4.03. The standard InChI is InChI=1S/C10H22N2O/c1-3-8(2)10(12-11)9-4-6-13-7-5-9/h8-10,12H,3-7,11H2,1-2H3. The number of ether oxygens (including phenoxy) is 1. The molecule has 0 amide bonds. The van der Waals surface area contributed by atoms with Crippen LogP contribution in [0.2, 0.25) is 0 Å². The van der Waals surface area contributed by atoms with Gasteiger partial charge in [-0.1, -0.05) is 20.3 Å². The summed E-state index contributed by atoms with van der Waals surface area (Å²) in [6.07, 6.45) is 3.49. The lowest BCUT2D eigenvalue weighted by Crippen LogP contribution is -2.46. The van der Waals surface area contributed by atoms with Crippen LogP contribution < -0.4 is 11.3 Å². The number of hydrogen-bond acceptors (Lipinski definition) is 3. The van der Waals surface area contributed by atoms with Gasteiger partial charge in [0.25, 0.3) is 0 Å². The zero-order chi connectivity index (χ0) is 9.68. The molecule has 0 spiro atoms. The maximum absolute atomic E-state index is 5.59. The molecule has 0 bridgehead atoms. The minimum atomic E-state index is 0.467. The molecule has 13 heavy (non-hydrogen) atoms. The third-order valence-corrected chi connectivity index (χ3v) is 3.22. The molecule has 0 saturated carbocycles. The van der Waals surface area contributed by atoms with Crippen molar-refractivity contribution in [2.45, 2.75) is 39.2 Å². The second-order valence-electron chi connectivity index (χ2n) is 4.03. The quantitative estimate of drug-likeness (QED) is 0.514. The van der Waals surface area contributed by atoms with Gasteiger partial charge in [0, 0.05) is 19.3 Å². The van der Waals surface area contributed by atoms with Gasteiger partial charge in [0.05, 0.1) is 0 Å². The highest BCUT2D eigenvalue weighted by atomic mass is 16.5. The Labute approximate surface area is 81.0 Å². The molecule has 1 saturated heterocycles. The molecule has 1 rings (SSSR count). The number of hydrogen-bond donors (Lipinski definition) is 2. The van der Waals surface area contributed by atoms with E-state index in [1.807, 2.05) is 0 Å². The highest BCUT2D eigenvalue weighted by molar-refractivity contribution is 4.80. The number of nitrogens with two attached hydrogens (primary N) is 1. The van der Waals surface area contributed by atoms with Crippen LogP contribution in [0.1, 0.15) is 33.1 Å². The number of rotatable bonds is 4. The Kier molecular flexibility index (Phi) is 4.70. The van der Waals surface area contributed by atoms with Crippen molar-refractivity contribution in [1.82, 2.24) is 5.43 Å². The van der Waals surface area contributed by atoms with E-state index < -0.39 is 0 Å². The van der Waals surface area contributed by atoms with Crippen molar-refractivity contribution < 1.29 is 4.74 Å². The smallest absolute Gasteiger partial charge is 0.0469 e. The molecular weight excluding hydrogens is 164 g/mol. The topological polar surface area (TPSA) is 47.3 Å². The predicted octanol–water partition coefficient (Wildman–Crippen LogP) is 1.29. The molecule has 2 unspecified atom stereocenters. The van der Waals surface area contributed by atoms with E-state index in [1.54, 1.807) is 0 Å². The summed E-state index contributed by atoms with van der Waals surface area (Å²) in [6, 6.07) is 0.467. The fourth-order valence-electron chi connectivity index (χ4n) is 2.09. The van der Waals surface area contributed by atoms with Crippen LogP contribution in [0.3, 0.4) is 0 Å². The molecule has 2 atom stereocenters. The fourth-order valence-corrected chi connectivity index (χ4v) is 2.09. The first-order valence-corrected chi connectivity index (χ1v) is 5.33. The maximum Gasteiger partial charge on any atom is 0.0469 e. The predicted molar refractivity (Wildman–Crippen MR) is 54.1 cm³/mol. The highest BCUT2D eigenvalue weighted by Crippen LogP contribution is 2.24. The zero-order valence-electron chi connectivity index (χ0n) is 8.75. The van der Waals surface area contributed by atoms with E-state index in [-0.39, 0.29) is 0 Å². The first kappa shape index (κ1) is 11.0. The van der Waals surface area contributed by atoms with Crippen molar-refractivity contribution in [1.29, 1.82) is 0 Å². The SMILES string of the molecule is CCC(C)C(NN)C1CCOCC1. The Morgan fingerprint density at radius 1 is 1.46 bits per heavy atom. The lowest BCUT2D eigenvalue weighted by molar-refractivity contribution is 0.0455. The Hall–Kier alpha value is -0.120. The largest absolute Gasteiger partial charge is 0.381 e. The monoisotopic (exact) mass is 186 g/mol.